The Morgan fingerprint density at radius 1 is 1.00 bits per heavy atom. The molecule has 0 amide bonds. The number of hydrogen-bond donors (Lipinski definition) is 3. The van der Waals surface area contributed by atoms with Gasteiger partial charge in [-0.15, -0.1) is 0 Å². The molecule has 2 aromatic carbocycles. The molecule has 2 aromatic rings. The maximum absolute atomic E-state index is 10.4. The molecule has 24 heavy (non-hydrogen) atoms. The standard InChI is InChI=1S/C18H16O6/c19-7-1-2-11-3-6-15-16(8-11)23-17(10-20)18(24-15)12-4-5-13(21)14(22)9-12/h1-9,17-18,20-22H,10H2/b2-1-/t17-,18-/m0/s1. The summed E-state index contributed by atoms with van der Waals surface area (Å²) in [6, 6.07) is 9.51. The molecule has 0 fully saturated rings. The third-order valence-electron chi connectivity index (χ3n) is 3.71. The minimum absolute atomic E-state index is 0.233. The monoisotopic (exact) mass is 328 g/mol. The quantitative estimate of drug-likeness (QED) is 0.452. The fourth-order valence-corrected chi connectivity index (χ4v) is 2.54. The van der Waals surface area contributed by atoms with E-state index in [0.717, 1.165) is 5.56 Å². The van der Waals surface area contributed by atoms with Crippen LogP contribution in [0.1, 0.15) is 17.2 Å². The summed E-state index contributed by atoms with van der Waals surface area (Å²) in [4.78, 5) is 10.4. The second-order valence-corrected chi connectivity index (χ2v) is 5.33. The van der Waals surface area contributed by atoms with Gasteiger partial charge in [0.25, 0.3) is 0 Å². The van der Waals surface area contributed by atoms with E-state index in [2.05, 4.69) is 0 Å². The number of fused-ring (bicyclic) bond motifs is 1. The molecule has 124 valence electrons. The van der Waals surface area contributed by atoms with E-state index in [0.29, 0.717) is 23.3 Å². The summed E-state index contributed by atoms with van der Waals surface area (Å²) in [5.74, 6) is 0.442. The van der Waals surface area contributed by atoms with Gasteiger partial charge in [0.2, 0.25) is 0 Å². The van der Waals surface area contributed by atoms with Crippen molar-refractivity contribution in [1.29, 1.82) is 0 Å². The lowest BCUT2D eigenvalue weighted by Crippen LogP contribution is -2.36. The Bertz CT molecular complexity index is 783. The number of rotatable bonds is 4. The number of aldehydes is 1. The van der Waals surface area contributed by atoms with Crippen molar-refractivity contribution in [2.24, 2.45) is 0 Å². The maximum Gasteiger partial charge on any atom is 0.163 e. The third-order valence-corrected chi connectivity index (χ3v) is 3.71. The molecular formula is C18H16O6. The Balaban J connectivity index is 1.93. The first-order valence-electron chi connectivity index (χ1n) is 7.34. The van der Waals surface area contributed by atoms with Crippen molar-refractivity contribution in [2.45, 2.75) is 12.2 Å². The van der Waals surface area contributed by atoms with Crippen molar-refractivity contribution in [2.75, 3.05) is 6.61 Å². The van der Waals surface area contributed by atoms with E-state index < -0.39 is 12.2 Å². The van der Waals surface area contributed by atoms with Gasteiger partial charge < -0.3 is 24.8 Å². The van der Waals surface area contributed by atoms with Gasteiger partial charge in [-0.3, -0.25) is 4.79 Å². The van der Waals surface area contributed by atoms with Crippen molar-refractivity contribution < 1.29 is 29.6 Å². The molecule has 0 spiro atoms. The van der Waals surface area contributed by atoms with E-state index in [1.54, 1.807) is 30.3 Å². The summed E-state index contributed by atoms with van der Waals surface area (Å²) in [6.07, 6.45) is 2.38. The van der Waals surface area contributed by atoms with Crippen LogP contribution in [0, 0.1) is 0 Å². The summed E-state index contributed by atoms with van der Waals surface area (Å²) in [6.45, 7) is -0.292. The first-order chi connectivity index (χ1) is 11.6. The molecule has 6 nitrogen and oxygen atoms in total. The van der Waals surface area contributed by atoms with Gasteiger partial charge in [-0.25, -0.2) is 0 Å². The average molecular weight is 328 g/mol. The molecule has 0 radical (unpaired) electrons. The van der Waals surface area contributed by atoms with Crippen LogP contribution in [0.5, 0.6) is 23.0 Å². The fourth-order valence-electron chi connectivity index (χ4n) is 2.54. The van der Waals surface area contributed by atoms with Crippen LogP contribution in [0.15, 0.2) is 42.5 Å². The van der Waals surface area contributed by atoms with Gasteiger partial charge in [0.1, 0.15) is 6.29 Å². The molecule has 0 bridgehead atoms. The lowest BCUT2D eigenvalue weighted by atomic mass is 10.0. The van der Waals surface area contributed by atoms with E-state index in [1.165, 1.54) is 18.2 Å². The molecule has 0 unspecified atom stereocenters. The molecule has 1 aliphatic rings. The van der Waals surface area contributed by atoms with Crippen LogP contribution in [0.2, 0.25) is 0 Å². The number of aliphatic hydroxyl groups excluding tert-OH is 1. The number of phenolic OH excluding ortho intramolecular Hbond substituents is 2. The summed E-state index contributed by atoms with van der Waals surface area (Å²) < 4.78 is 11.7. The van der Waals surface area contributed by atoms with Crippen LogP contribution in [0.3, 0.4) is 0 Å². The number of hydrogen-bond acceptors (Lipinski definition) is 6. The molecule has 6 heteroatoms. The van der Waals surface area contributed by atoms with Crippen LogP contribution < -0.4 is 9.47 Å². The Morgan fingerprint density at radius 2 is 1.83 bits per heavy atom. The summed E-state index contributed by atoms with van der Waals surface area (Å²) in [7, 11) is 0. The van der Waals surface area contributed by atoms with Crippen LogP contribution in [-0.2, 0) is 4.79 Å². The van der Waals surface area contributed by atoms with E-state index >= 15 is 0 Å². The van der Waals surface area contributed by atoms with Gasteiger partial charge in [0.05, 0.1) is 6.61 Å². The summed E-state index contributed by atoms with van der Waals surface area (Å²) in [5, 5.41) is 28.7. The van der Waals surface area contributed by atoms with Gasteiger partial charge >= 0.3 is 0 Å². The average Bonchev–Trinajstić information content (AvgIpc) is 2.61. The van der Waals surface area contributed by atoms with Crippen LogP contribution in [0.4, 0.5) is 0 Å². The summed E-state index contributed by atoms with van der Waals surface area (Å²) in [5.41, 5.74) is 1.33. The highest BCUT2D eigenvalue weighted by Gasteiger charge is 2.33. The molecule has 0 saturated heterocycles. The van der Waals surface area contributed by atoms with Gasteiger partial charge in [-0.2, -0.15) is 0 Å². The van der Waals surface area contributed by atoms with E-state index in [9.17, 15) is 20.1 Å². The topological polar surface area (TPSA) is 96.2 Å². The molecule has 1 aliphatic heterocycles. The highest BCUT2D eigenvalue weighted by Crippen LogP contribution is 2.41. The third kappa shape index (κ3) is 3.04. The van der Waals surface area contributed by atoms with Crippen molar-refractivity contribution in [1.82, 2.24) is 0 Å². The van der Waals surface area contributed by atoms with E-state index in [-0.39, 0.29) is 18.1 Å². The largest absolute Gasteiger partial charge is 0.504 e. The van der Waals surface area contributed by atoms with Gasteiger partial charge in [0, 0.05) is 5.56 Å². The Hall–Kier alpha value is -2.99. The van der Waals surface area contributed by atoms with Crippen LogP contribution in [0.25, 0.3) is 6.08 Å². The molecule has 3 N–H and O–H groups in total. The van der Waals surface area contributed by atoms with Gasteiger partial charge in [-0.05, 0) is 35.9 Å². The van der Waals surface area contributed by atoms with E-state index in [4.69, 9.17) is 9.47 Å². The first kappa shape index (κ1) is 15.9. The molecule has 0 saturated carbocycles. The van der Waals surface area contributed by atoms with Crippen molar-refractivity contribution in [3.8, 4) is 23.0 Å². The number of benzene rings is 2. The summed E-state index contributed by atoms with van der Waals surface area (Å²) >= 11 is 0. The number of ether oxygens (including phenoxy) is 2. The number of carbonyl (C=O) groups excluding carboxylic acids is 1. The molecule has 0 aromatic heterocycles. The highest BCUT2D eigenvalue weighted by atomic mass is 16.6. The Morgan fingerprint density at radius 3 is 2.54 bits per heavy atom. The fraction of sp³-hybridized carbons (Fsp3) is 0.167. The minimum atomic E-state index is -0.674. The lowest BCUT2D eigenvalue weighted by molar-refractivity contribution is -0.104. The smallest absolute Gasteiger partial charge is 0.163 e. The maximum atomic E-state index is 10.4. The minimum Gasteiger partial charge on any atom is -0.504 e. The number of allylic oxidation sites excluding steroid dienone is 1. The molecule has 2 atom stereocenters. The normalized spacial score (nSPS) is 19.4. The number of aliphatic hydroxyl groups is 1. The highest BCUT2D eigenvalue weighted by molar-refractivity contribution is 5.74. The molecule has 0 aliphatic carbocycles. The lowest BCUT2D eigenvalue weighted by Gasteiger charge is -2.33. The van der Waals surface area contributed by atoms with Crippen molar-refractivity contribution in [3.63, 3.8) is 0 Å². The zero-order chi connectivity index (χ0) is 17.1. The number of aromatic hydroxyl groups is 2. The van der Waals surface area contributed by atoms with Crippen LogP contribution in [-0.4, -0.2) is 34.3 Å². The second kappa shape index (κ2) is 6.64. The zero-order valence-corrected chi connectivity index (χ0v) is 12.6. The van der Waals surface area contributed by atoms with Crippen LogP contribution >= 0.6 is 0 Å². The van der Waals surface area contributed by atoms with Crippen molar-refractivity contribution >= 4 is 12.4 Å². The molecular weight excluding hydrogens is 312 g/mol. The Kier molecular flexibility index (Phi) is 4.39. The first-order valence-corrected chi connectivity index (χ1v) is 7.34. The Labute approximate surface area is 138 Å². The molecule has 1 heterocycles. The predicted molar refractivity (Wildman–Crippen MR) is 86.2 cm³/mol. The predicted octanol–water partition coefficient (Wildman–Crippen LogP) is 2.18. The number of phenols is 2. The zero-order valence-electron chi connectivity index (χ0n) is 12.6. The van der Waals surface area contributed by atoms with Gasteiger partial charge in [-0.1, -0.05) is 18.2 Å². The van der Waals surface area contributed by atoms with E-state index in [1.807, 2.05) is 0 Å². The number of carbonyl (C=O) groups is 1. The van der Waals surface area contributed by atoms with Crippen molar-refractivity contribution in [3.05, 3.63) is 53.6 Å². The SMILES string of the molecule is O=C/C=C\c1ccc2c(c1)O[C@@H](CO)[C@H](c1ccc(O)c(O)c1)O2. The van der Waals surface area contributed by atoms with Gasteiger partial charge in [0.15, 0.2) is 35.2 Å². The second-order valence-electron chi connectivity index (χ2n) is 5.33. The molecule has 3 rings (SSSR count).